The zero-order chi connectivity index (χ0) is 29.3. The fraction of sp³-hybridized carbons (Fsp3) is 0.345. The van der Waals surface area contributed by atoms with Crippen molar-refractivity contribution in [1.29, 1.82) is 0 Å². The number of halogens is 2. The van der Waals surface area contributed by atoms with Crippen molar-refractivity contribution < 1.29 is 19.1 Å². The maximum atomic E-state index is 13.5. The average molecular weight is 587 g/mol. The van der Waals surface area contributed by atoms with Crippen LogP contribution in [-0.4, -0.2) is 53.9 Å². The molecule has 11 heteroatoms. The maximum Gasteiger partial charge on any atom is 0.307 e. The molecule has 0 fully saturated rings. The number of pyridine rings is 2. The number of amides is 1. The summed E-state index contributed by atoms with van der Waals surface area (Å²) in [6.07, 6.45) is 3.49. The molecule has 0 radical (unpaired) electrons. The summed E-state index contributed by atoms with van der Waals surface area (Å²) in [5, 5.41) is 4.52. The Hall–Kier alpha value is -3.53. The lowest BCUT2D eigenvalue weighted by atomic mass is 10.0. The van der Waals surface area contributed by atoms with E-state index in [-0.39, 0.29) is 24.3 Å². The largest absolute Gasteiger partial charge is 0.469 e. The van der Waals surface area contributed by atoms with Gasteiger partial charge in [0.05, 0.1) is 37.4 Å². The van der Waals surface area contributed by atoms with Gasteiger partial charge in [0.25, 0.3) is 5.91 Å². The molecule has 40 heavy (non-hydrogen) atoms. The Balaban J connectivity index is 1.83. The third kappa shape index (κ3) is 9.59. The van der Waals surface area contributed by atoms with E-state index in [0.717, 1.165) is 11.1 Å². The normalized spacial score (nSPS) is 13.2. The van der Waals surface area contributed by atoms with Crippen LogP contribution in [0.15, 0.2) is 64.9 Å². The first kappa shape index (κ1) is 31.0. The molecule has 0 aliphatic heterocycles. The highest BCUT2D eigenvalue weighted by Crippen LogP contribution is 2.26. The van der Waals surface area contributed by atoms with E-state index >= 15 is 0 Å². The van der Waals surface area contributed by atoms with Crippen molar-refractivity contribution in [2.45, 2.75) is 45.3 Å². The Bertz CT molecular complexity index is 1400. The first-order valence-electron chi connectivity index (χ1n) is 12.6. The third-order valence-electron chi connectivity index (χ3n) is 5.68. The van der Waals surface area contributed by atoms with Crippen LogP contribution >= 0.6 is 23.2 Å². The molecule has 1 amide bonds. The number of nitrogens with one attached hydrogen (secondary N) is 1. The minimum Gasteiger partial charge on any atom is -0.469 e. The molecule has 2 aromatic heterocycles. The lowest BCUT2D eigenvalue weighted by Crippen LogP contribution is -2.34. The number of nitrogens with two attached hydrogens (primary N) is 1. The number of aromatic nitrogens is 2. The molecule has 1 atom stereocenters. The van der Waals surface area contributed by atoms with Crippen molar-refractivity contribution in [2.24, 2.45) is 10.7 Å². The van der Waals surface area contributed by atoms with Gasteiger partial charge in [-0.05, 0) is 68.8 Å². The fourth-order valence-electron chi connectivity index (χ4n) is 3.64. The number of esters is 1. The highest BCUT2D eigenvalue weighted by Gasteiger charge is 2.23. The SMILES string of the molecule is COC(=O)CC(NC(=O)C(C=NCCc1ccc2cccnc2n1)=C(N)COC(C)(C)C)c1cc(Cl)cc(Cl)c1. The van der Waals surface area contributed by atoms with E-state index in [0.29, 0.717) is 34.2 Å². The molecule has 212 valence electrons. The molecule has 1 unspecified atom stereocenters. The number of carbonyl (C=O) groups excluding carboxylic acids is 2. The summed E-state index contributed by atoms with van der Waals surface area (Å²) in [4.78, 5) is 39.0. The highest BCUT2D eigenvalue weighted by molar-refractivity contribution is 6.34. The van der Waals surface area contributed by atoms with Gasteiger partial charge in [-0.1, -0.05) is 23.2 Å². The van der Waals surface area contributed by atoms with Crippen LogP contribution in [0.25, 0.3) is 11.0 Å². The highest BCUT2D eigenvalue weighted by atomic mass is 35.5. The van der Waals surface area contributed by atoms with Crippen molar-refractivity contribution >= 4 is 52.3 Å². The summed E-state index contributed by atoms with van der Waals surface area (Å²) in [5.41, 5.74) is 8.15. The van der Waals surface area contributed by atoms with Gasteiger partial charge in [0.1, 0.15) is 0 Å². The van der Waals surface area contributed by atoms with Gasteiger partial charge >= 0.3 is 5.97 Å². The van der Waals surface area contributed by atoms with E-state index < -0.39 is 23.5 Å². The zero-order valence-corrected chi connectivity index (χ0v) is 24.4. The van der Waals surface area contributed by atoms with E-state index in [9.17, 15) is 9.59 Å². The molecule has 0 saturated carbocycles. The second kappa shape index (κ2) is 14.2. The summed E-state index contributed by atoms with van der Waals surface area (Å²) in [7, 11) is 1.27. The Labute approximate surface area is 243 Å². The van der Waals surface area contributed by atoms with E-state index in [2.05, 4.69) is 20.3 Å². The molecule has 0 saturated heterocycles. The molecule has 0 spiro atoms. The number of nitrogens with zero attached hydrogens (tertiary/aromatic N) is 3. The molecule has 0 aliphatic rings. The topological polar surface area (TPSA) is 129 Å². The number of fused-ring (bicyclic) bond motifs is 1. The predicted molar refractivity (Wildman–Crippen MR) is 157 cm³/mol. The van der Waals surface area contributed by atoms with Crippen LogP contribution in [0.2, 0.25) is 10.0 Å². The van der Waals surface area contributed by atoms with Gasteiger partial charge in [0.2, 0.25) is 0 Å². The molecule has 0 aliphatic carbocycles. The first-order valence-corrected chi connectivity index (χ1v) is 13.4. The molecule has 3 rings (SSSR count). The summed E-state index contributed by atoms with van der Waals surface area (Å²) in [5.74, 6) is -1.07. The summed E-state index contributed by atoms with van der Waals surface area (Å²) in [6, 6.07) is 11.7. The minimum absolute atomic E-state index is 0.000828. The second-order valence-electron chi connectivity index (χ2n) is 9.99. The van der Waals surface area contributed by atoms with Gasteiger partial charge < -0.3 is 20.5 Å². The van der Waals surface area contributed by atoms with Crippen LogP contribution < -0.4 is 11.1 Å². The Morgan fingerprint density at radius 2 is 1.88 bits per heavy atom. The molecule has 2 heterocycles. The Kier molecular flexibility index (Phi) is 11.0. The fourth-order valence-corrected chi connectivity index (χ4v) is 4.18. The number of methoxy groups -OCH3 is 1. The van der Waals surface area contributed by atoms with Gasteiger partial charge in [0.15, 0.2) is 5.65 Å². The Morgan fingerprint density at radius 1 is 1.15 bits per heavy atom. The monoisotopic (exact) mass is 585 g/mol. The number of aliphatic imine (C=N–C) groups is 1. The smallest absolute Gasteiger partial charge is 0.307 e. The van der Waals surface area contributed by atoms with E-state index in [1.165, 1.54) is 13.3 Å². The number of benzene rings is 1. The molecule has 0 bridgehead atoms. The van der Waals surface area contributed by atoms with Crippen molar-refractivity contribution in [3.8, 4) is 0 Å². The van der Waals surface area contributed by atoms with Crippen LogP contribution in [0.5, 0.6) is 0 Å². The summed E-state index contributed by atoms with van der Waals surface area (Å²) in [6.45, 7) is 6.00. The van der Waals surface area contributed by atoms with E-state index in [1.54, 1.807) is 24.4 Å². The molecule has 9 nitrogen and oxygen atoms in total. The van der Waals surface area contributed by atoms with Crippen LogP contribution in [0.3, 0.4) is 0 Å². The van der Waals surface area contributed by atoms with Crippen LogP contribution in [0.1, 0.15) is 44.5 Å². The standard InChI is InChI=1S/C29H33Cl2N5O4/c1-29(2,3)40-17-24(32)23(16-33-11-9-22-8-7-18-6-5-10-34-27(18)35-22)28(38)36-25(15-26(37)39-4)19-12-20(30)14-21(31)13-19/h5-8,10,12-14,16,25H,9,11,15,17,32H2,1-4H3,(H,36,38). The Morgan fingerprint density at radius 3 is 2.55 bits per heavy atom. The average Bonchev–Trinajstić information content (AvgIpc) is 2.90. The van der Waals surface area contributed by atoms with Gasteiger partial charge in [0, 0.05) is 52.2 Å². The number of hydrogen-bond donors (Lipinski definition) is 2. The van der Waals surface area contributed by atoms with E-state index in [1.807, 2.05) is 45.0 Å². The zero-order valence-electron chi connectivity index (χ0n) is 22.9. The summed E-state index contributed by atoms with van der Waals surface area (Å²) < 4.78 is 10.6. The number of ether oxygens (including phenoxy) is 2. The van der Waals surface area contributed by atoms with Gasteiger partial charge in [-0.25, -0.2) is 9.97 Å². The first-order chi connectivity index (χ1) is 18.9. The molecular formula is C29H33Cl2N5O4. The molecule has 1 aromatic carbocycles. The lowest BCUT2D eigenvalue weighted by molar-refractivity contribution is -0.141. The van der Waals surface area contributed by atoms with Crippen LogP contribution in [0, 0.1) is 0 Å². The number of rotatable bonds is 11. The minimum atomic E-state index is -0.787. The van der Waals surface area contributed by atoms with Gasteiger partial charge in [-0.2, -0.15) is 0 Å². The van der Waals surface area contributed by atoms with Gasteiger partial charge in [-0.3, -0.25) is 14.6 Å². The maximum absolute atomic E-state index is 13.5. The number of carbonyl (C=O) groups is 2. The van der Waals surface area contributed by atoms with Crippen LogP contribution in [-0.2, 0) is 25.5 Å². The quantitative estimate of drug-likeness (QED) is 0.184. The molecular weight excluding hydrogens is 553 g/mol. The second-order valence-corrected chi connectivity index (χ2v) is 10.9. The predicted octanol–water partition coefficient (Wildman–Crippen LogP) is 5.00. The molecule has 3 aromatic rings. The third-order valence-corrected chi connectivity index (χ3v) is 6.12. The van der Waals surface area contributed by atoms with E-state index in [4.69, 9.17) is 38.4 Å². The van der Waals surface area contributed by atoms with Crippen molar-refractivity contribution in [3.05, 3.63) is 81.2 Å². The van der Waals surface area contributed by atoms with Crippen molar-refractivity contribution in [3.63, 3.8) is 0 Å². The van der Waals surface area contributed by atoms with Crippen LogP contribution in [0.4, 0.5) is 0 Å². The lowest BCUT2D eigenvalue weighted by Gasteiger charge is -2.22. The molecule has 3 N–H and O–H groups in total. The number of hydrogen-bond acceptors (Lipinski definition) is 8. The van der Waals surface area contributed by atoms with Crippen molar-refractivity contribution in [2.75, 3.05) is 20.3 Å². The summed E-state index contributed by atoms with van der Waals surface area (Å²) >= 11 is 12.4. The van der Waals surface area contributed by atoms with Crippen molar-refractivity contribution in [1.82, 2.24) is 15.3 Å². The van der Waals surface area contributed by atoms with Gasteiger partial charge in [-0.15, -0.1) is 0 Å².